The summed E-state index contributed by atoms with van der Waals surface area (Å²) in [5.41, 5.74) is 1.77. The molecule has 1 aliphatic heterocycles. The lowest BCUT2D eigenvalue weighted by molar-refractivity contribution is -0.199. The summed E-state index contributed by atoms with van der Waals surface area (Å²) < 4.78 is 11.5. The number of likely N-dealkylation sites (N-methyl/N-ethyl adjacent to an activating group) is 1. The lowest BCUT2D eigenvalue weighted by Crippen LogP contribution is -2.68. The Labute approximate surface area is 152 Å². The number of carboxylic acids is 2. The third-order valence-corrected chi connectivity index (χ3v) is 5.83. The summed E-state index contributed by atoms with van der Waals surface area (Å²) in [7, 11) is 3.51. The molecule has 1 aliphatic carbocycles. The number of hydrogen-bond donors (Lipinski definition) is 2. The van der Waals surface area contributed by atoms with Crippen molar-refractivity contribution in [3.8, 4) is 5.75 Å². The van der Waals surface area contributed by atoms with Gasteiger partial charge in [0.25, 0.3) is 0 Å². The molecule has 0 aromatic heterocycles. The first kappa shape index (κ1) is 18.7. The number of morpholine rings is 1. The summed E-state index contributed by atoms with van der Waals surface area (Å²) >= 11 is 0. The van der Waals surface area contributed by atoms with E-state index in [-0.39, 0.29) is 12.5 Å². The first-order valence-electron chi connectivity index (χ1n) is 8.83. The monoisotopic (exact) mass is 363 g/mol. The average Bonchev–Trinajstić information content (AvgIpc) is 2.59. The zero-order valence-corrected chi connectivity index (χ0v) is 15.3. The standard InChI is InChI=1S/C19H25NO6/c1-4-11-5-6-14(25-3)12-9-15-19(10-13(11)12,26-8-7-20(15)2)16(17(21)22)18(23)24/h5-6,15-16H,4,7-10H2,1-3H3,(H,21,22)(H,23,24)/t15-,19+/m1/s1. The van der Waals surface area contributed by atoms with Crippen molar-refractivity contribution in [3.05, 3.63) is 28.8 Å². The third kappa shape index (κ3) is 2.75. The summed E-state index contributed by atoms with van der Waals surface area (Å²) in [5, 5.41) is 19.4. The third-order valence-electron chi connectivity index (χ3n) is 5.83. The van der Waals surface area contributed by atoms with Gasteiger partial charge in [-0.1, -0.05) is 13.0 Å². The average molecular weight is 363 g/mol. The van der Waals surface area contributed by atoms with Gasteiger partial charge in [0.2, 0.25) is 0 Å². The van der Waals surface area contributed by atoms with Crippen LogP contribution in [0.1, 0.15) is 23.6 Å². The van der Waals surface area contributed by atoms with Gasteiger partial charge >= 0.3 is 11.9 Å². The summed E-state index contributed by atoms with van der Waals surface area (Å²) in [4.78, 5) is 25.8. The van der Waals surface area contributed by atoms with E-state index in [9.17, 15) is 19.8 Å². The second-order valence-electron chi connectivity index (χ2n) is 7.03. The zero-order valence-electron chi connectivity index (χ0n) is 15.3. The number of hydrogen-bond acceptors (Lipinski definition) is 5. The molecule has 1 aromatic carbocycles. The Bertz CT molecular complexity index is 719. The molecule has 7 heteroatoms. The fourth-order valence-corrected chi connectivity index (χ4v) is 4.56. The van der Waals surface area contributed by atoms with Crippen LogP contribution in [-0.2, 0) is 33.6 Å². The molecule has 26 heavy (non-hydrogen) atoms. The van der Waals surface area contributed by atoms with Gasteiger partial charge in [-0.2, -0.15) is 0 Å². The number of aryl methyl sites for hydroxylation is 1. The number of rotatable bonds is 5. The number of fused-ring (bicyclic) bond motifs is 2. The van der Waals surface area contributed by atoms with E-state index < -0.39 is 23.5 Å². The first-order valence-corrected chi connectivity index (χ1v) is 8.83. The minimum atomic E-state index is -1.63. The van der Waals surface area contributed by atoms with Crippen LogP contribution >= 0.6 is 0 Å². The maximum atomic E-state index is 11.9. The maximum Gasteiger partial charge on any atom is 0.320 e. The molecule has 2 atom stereocenters. The largest absolute Gasteiger partial charge is 0.496 e. The number of ether oxygens (including phenoxy) is 2. The van der Waals surface area contributed by atoms with Gasteiger partial charge in [-0.3, -0.25) is 14.5 Å². The van der Waals surface area contributed by atoms with Crippen molar-refractivity contribution >= 4 is 11.9 Å². The lowest BCUT2D eigenvalue weighted by Gasteiger charge is -2.53. The zero-order chi connectivity index (χ0) is 19.1. The van der Waals surface area contributed by atoms with Crippen LogP contribution in [0, 0.1) is 5.92 Å². The molecule has 142 valence electrons. The fourth-order valence-electron chi connectivity index (χ4n) is 4.56. The smallest absolute Gasteiger partial charge is 0.320 e. The highest BCUT2D eigenvalue weighted by Gasteiger charge is 2.59. The van der Waals surface area contributed by atoms with Crippen molar-refractivity contribution < 1.29 is 29.3 Å². The van der Waals surface area contributed by atoms with Crippen molar-refractivity contribution in [2.45, 2.75) is 37.8 Å². The number of carbonyl (C=O) groups is 2. The second-order valence-corrected chi connectivity index (χ2v) is 7.03. The van der Waals surface area contributed by atoms with Gasteiger partial charge < -0.3 is 19.7 Å². The quantitative estimate of drug-likeness (QED) is 0.759. The van der Waals surface area contributed by atoms with Gasteiger partial charge in [-0.05, 0) is 42.6 Å². The molecule has 2 N–H and O–H groups in total. The molecule has 0 unspecified atom stereocenters. The predicted octanol–water partition coefficient (Wildman–Crippen LogP) is 1.21. The summed E-state index contributed by atoms with van der Waals surface area (Å²) in [5.74, 6) is -3.59. The number of carboxylic acid groups (broad SMARTS) is 2. The topological polar surface area (TPSA) is 96.3 Å². The van der Waals surface area contributed by atoms with Crippen LogP contribution in [0.3, 0.4) is 0 Å². The van der Waals surface area contributed by atoms with E-state index >= 15 is 0 Å². The molecule has 0 bridgehead atoms. The SMILES string of the molecule is CCc1ccc(OC)c2c1C[C@]1(C(C(=O)O)C(=O)O)OCCN(C)[C@@H]1C2. The Kier molecular flexibility index (Phi) is 4.94. The molecule has 0 saturated carbocycles. The van der Waals surface area contributed by atoms with Crippen molar-refractivity contribution in [2.75, 3.05) is 27.3 Å². The summed E-state index contributed by atoms with van der Waals surface area (Å²) in [6, 6.07) is 3.55. The van der Waals surface area contributed by atoms with E-state index in [1.165, 1.54) is 0 Å². The van der Waals surface area contributed by atoms with Crippen LogP contribution in [0.15, 0.2) is 12.1 Å². The van der Waals surface area contributed by atoms with E-state index in [1.807, 2.05) is 31.0 Å². The Morgan fingerprint density at radius 1 is 1.35 bits per heavy atom. The highest BCUT2D eigenvalue weighted by molar-refractivity contribution is 5.95. The Balaban J connectivity index is 2.21. The molecule has 1 fully saturated rings. The summed E-state index contributed by atoms with van der Waals surface area (Å²) in [6.45, 7) is 2.97. The van der Waals surface area contributed by atoms with Gasteiger partial charge in [0.15, 0.2) is 5.92 Å². The fraction of sp³-hybridized carbons (Fsp3) is 0.579. The van der Waals surface area contributed by atoms with Crippen molar-refractivity contribution in [1.29, 1.82) is 0 Å². The normalized spacial score (nSPS) is 25.5. The van der Waals surface area contributed by atoms with Crippen LogP contribution in [0.5, 0.6) is 5.75 Å². The van der Waals surface area contributed by atoms with Crippen LogP contribution in [-0.4, -0.2) is 66.0 Å². The number of nitrogens with zero attached hydrogens (tertiary/aromatic N) is 1. The molecule has 0 amide bonds. The van der Waals surface area contributed by atoms with Gasteiger partial charge in [0.05, 0.1) is 13.7 Å². The molecule has 7 nitrogen and oxygen atoms in total. The molecule has 3 rings (SSSR count). The van der Waals surface area contributed by atoms with E-state index in [2.05, 4.69) is 0 Å². The van der Waals surface area contributed by atoms with Crippen molar-refractivity contribution in [2.24, 2.45) is 5.92 Å². The maximum absolute atomic E-state index is 11.9. The number of aliphatic carboxylic acids is 2. The Morgan fingerprint density at radius 3 is 2.62 bits per heavy atom. The highest BCUT2D eigenvalue weighted by atomic mass is 16.5. The number of benzene rings is 1. The van der Waals surface area contributed by atoms with Gasteiger partial charge in [-0.15, -0.1) is 0 Å². The lowest BCUT2D eigenvalue weighted by atomic mass is 9.67. The molecule has 2 aliphatic rings. The van der Waals surface area contributed by atoms with E-state index in [4.69, 9.17) is 9.47 Å². The first-order chi connectivity index (χ1) is 12.4. The molecule has 1 heterocycles. The van der Waals surface area contributed by atoms with Crippen LogP contribution in [0.2, 0.25) is 0 Å². The molecule has 0 radical (unpaired) electrons. The van der Waals surface area contributed by atoms with E-state index in [1.54, 1.807) is 7.11 Å². The molecule has 1 saturated heterocycles. The molecule has 0 spiro atoms. The summed E-state index contributed by atoms with van der Waals surface area (Å²) in [6.07, 6.45) is 1.52. The highest BCUT2D eigenvalue weighted by Crippen LogP contribution is 2.45. The Hall–Kier alpha value is -2.12. The minimum Gasteiger partial charge on any atom is -0.496 e. The molecular weight excluding hydrogens is 338 g/mol. The van der Waals surface area contributed by atoms with Gasteiger partial charge in [-0.25, -0.2) is 0 Å². The minimum absolute atomic E-state index is 0.251. The second kappa shape index (κ2) is 6.89. The van der Waals surface area contributed by atoms with Gasteiger partial charge in [0, 0.05) is 19.0 Å². The van der Waals surface area contributed by atoms with Crippen molar-refractivity contribution in [1.82, 2.24) is 4.90 Å². The van der Waals surface area contributed by atoms with Gasteiger partial charge in [0.1, 0.15) is 11.4 Å². The molecular formula is C19H25NO6. The van der Waals surface area contributed by atoms with Crippen LogP contribution < -0.4 is 4.74 Å². The van der Waals surface area contributed by atoms with E-state index in [0.717, 1.165) is 28.9 Å². The van der Waals surface area contributed by atoms with E-state index in [0.29, 0.717) is 19.6 Å². The molecule has 1 aromatic rings. The van der Waals surface area contributed by atoms with Crippen LogP contribution in [0.4, 0.5) is 0 Å². The number of methoxy groups -OCH3 is 1. The van der Waals surface area contributed by atoms with Crippen molar-refractivity contribution in [3.63, 3.8) is 0 Å². The predicted molar refractivity (Wildman–Crippen MR) is 93.6 cm³/mol. The Morgan fingerprint density at radius 2 is 2.04 bits per heavy atom. The van der Waals surface area contributed by atoms with Crippen LogP contribution in [0.25, 0.3) is 0 Å².